The van der Waals surface area contributed by atoms with Gasteiger partial charge in [0.25, 0.3) is 0 Å². The van der Waals surface area contributed by atoms with Gasteiger partial charge < -0.3 is 16.4 Å². The lowest BCUT2D eigenvalue weighted by atomic mass is 10.0. The fourth-order valence-electron chi connectivity index (χ4n) is 2.51. The second-order valence-corrected chi connectivity index (χ2v) is 5.31. The average Bonchev–Trinajstić information content (AvgIpc) is 2.48. The number of benzene rings is 1. The van der Waals surface area contributed by atoms with Crippen molar-refractivity contribution in [2.45, 2.75) is 31.7 Å². The number of nitrogens with two attached hydrogens (primary N) is 2. The quantitative estimate of drug-likeness (QED) is 0.561. The Morgan fingerprint density at radius 1 is 1.20 bits per heavy atom. The number of hydrogen-bond donors (Lipinski definition) is 3. The first kappa shape index (κ1) is 14.5. The van der Waals surface area contributed by atoms with Crippen LogP contribution < -0.4 is 11.5 Å². The Labute approximate surface area is 119 Å². The summed E-state index contributed by atoms with van der Waals surface area (Å²) in [4.78, 5) is 14.1. The number of nitrogens with one attached hydrogen (secondary N) is 1. The highest BCUT2D eigenvalue weighted by molar-refractivity contribution is 5.94. The second kappa shape index (κ2) is 6.52. The molecule has 0 aliphatic carbocycles. The van der Waals surface area contributed by atoms with Crippen LogP contribution in [0.4, 0.5) is 0 Å². The SMILES string of the molecule is N=C(N)c1ccc(CC(N)C(=O)N2CCCCC2)cc1. The summed E-state index contributed by atoms with van der Waals surface area (Å²) in [6, 6.07) is 6.84. The standard InChI is InChI=1S/C15H22N4O/c16-13(15(20)19-8-2-1-3-9-19)10-11-4-6-12(7-5-11)14(17)18/h4-7,13H,1-3,8-10,16H2,(H3,17,18). The number of amides is 1. The lowest BCUT2D eigenvalue weighted by Crippen LogP contribution is -2.46. The Hall–Kier alpha value is -1.88. The predicted octanol–water partition coefficient (Wildman–Crippen LogP) is 0.853. The van der Waals surface area contributed by atoms with Gasteiger partial charge in [0.05, 0.1) is 6.04 Å². The van der Waals surface area contributed by atoms with Crippen LogP contribution in [0.2, 0.25) is 0 Å². The molecule has 0 radical (unpaired) electrons. The maximum Gasteiger partial charge on any atom is 0.239 e. The van der Waals surface area contributed by atoms with E-state index in [2.05, 4.69) is 0 Å². The third-order valence-electron chi connectivity index (χ3n) is 3.71. The smallest absolute Gasteiger partial charge is 0.239 e. The molecule has 1 unspecified atom stereocenters. The van der Waals surface area contributed by atoms with Gasteiger partial charge in [0.1, 0.15) is 5.84 Å². The molecule has 1 atom stereocenters. The number of carbonyl (C=O) groups is 1. The molecular weight excluding hydrogens is 252 g/mol. The zero-order valence-electron chi connectivity index (χ0n) is 11.6. The van der Waals surface area contributed by atoms with Crippen molar-refractivity contribution in [2.24, 2.45) is 11.5 Å². The summed E-state index contributed by atoms with van der Waals surface area (Å²) in [5, 5.41) is 7.34. The number of carbonyl (C=O) groups excluding carboxylic acids is 1. The van der Waals surface area contributed by atoms with Crippen molar-refractivity contribution in [1.82, 2.24) is 4.90 Å². The topological polar surface area (TPSA) is 96.2 Å². The molecule has 1 saturated heterocycles. The summed E-state index contributed by atoms with van der Waals surface area (Å²) in [5.74, 6) is 0.0885. The normalized spacial score (nSPS) is 16.8. The van der Waals surface area contributed by atoms with E-state index < -0.39 is 6.04 Å². The Morgan fingerprint density at radius 3 is 2.35 bits per heavy atom. The van der Waals surface area contributed by atoms with Crippen LogP contribution in [-0.2, 0) is 11.2 Å². The van der Waals surface area contributed by atoms with Crippen LogP contribution in [0.1, 0.15) is 30.4 Å². The fourth-order valence-corrected chi connectivity index (χ4v) is 2.51. The molecule has 1 aliphatic rings. The molecule has 5 heteroatoms. The minimum Gasteiger partial charge on any atom is -0.384 e. The first-order valence-corrected chi connectivity index (χ1v) is 7.05. The predicted molar refractivity (Wildman–Crippen MR) is 79.6 cm³/mol. The van der Waals surface area contributed by atoms with Crippen LogP contribution in [0.3, 0.4) is 0 Å². The minimum atomic E-state index is -0.490. The first-order chi connectivity index (χ1) is 9.58. The van der Waals surface area contributed by atoms with Crippen LogP contribution in [0.5, 0.6) is 0 Å². The van der Waals surface area contributed by atoms with Crippen LogP contribution >= 0.6 is 0 Å². The number of nitrogens with zero attached hydrogens (tertiary/aromatic N) is 1. The van der Waals surface area contributed by atoms with Gasteiger partial charge in [-0.2, -0.15) is 0 Å². The van der Waals surface area contributed by atoms with Gasteiger partial charge in [-0.05, 0) is 31.2 Å². The maximum atomic E-state index is 12.2. The Morgan fingerprint density at radius 2 is 1.80 bits per heavy atom. The zero-order valence-corrected chi connectivity index (χ0v) is 11.6. The highest BCUT2D eigenvalue weighted by Gasteiger charge is 2.22. The minimum absolute atomic E-state index is 0.0420. The van der Waals surface area contributed by atoms with Crippen molar-refractivity contribution in [3.63, 3.8) is 0 Å². The van der Waals surface area contributed by atoms with Crippen molar-refractivity contribution in [3.8, 4) is 0 Å². The molecule has 1 heterocycles. The Balaban J connectivity index is 1.94. The molecule has 0 spiro atoms. The molecule has 0 aromatic heterocycles. The summed E-state index contributed by atoms with van der Waals surface area (Å²) in [6.07, 6.45) is 3.87. The molecule has 1 amide bonds. The monoisotopic (exact) mass is 274 g/mol. The molecule has 5 N–H and O–H groups in total. The van der Waals surface area contributed by atoms with Gasteiger partial charge >= 0.3 is 0 Å². The van der Waals surface area contributed by atoms with Gasteiger partial charge in [0.2, 0.25) is 5.91 Å². The van der Waals surface area contributed by atoms with Gasteiger partial charge in [-0.15, -0.1) is 0 Å². The Bertz CT molecular complexity index is 477. The van der Waals surface area contributed by atoms with Crippen molar-refractivity contribution < 1.29 is 4.79 Å². The third-order valence-corrected chi connectivity index (χ3v) is 3.71. The van der Waals surface area contributed by atoms with Crippen LogP contribution in [-0.4, -0.2) is 35.8 Å². The number of hydrogen-bond acceptors (Lipinski definition) is 3. The zero-order chi connectivity index (χ0) is 14.5. The Kier molecular flexibility index (Phi) is 4.74. The van der Waals surface area contributed by atoms with Gasteiger partial charge in [-0.1, -0.05) is 24.3 Å². The van der Waals surface area contributed by atoms with Gasteiger partial charge in [0, 0.05) is 18.7 Å². The van der Waals surface area contributed by atoms with Crippen LogP contribution in [0, 0.1) is 5.41 Å². The van der Waals surface area contributed by atoms with E-state index in [1.54, 1.807) is 12.1 Å². The van der Waals surface area contributed by atoms with E-state index in [-0.39, 0.29) is 11.7 Å². The highest BCUT2D eigenvalue weighted by Crippen LogP contribution is 2.12. The van der Waals surface area contributed by atoms with Gasteiger partial charge in [-0.3, -0.25) is 10.2 Å². The van der Waals surface area contributed by atoms with E-state index in [0.717, 1.165) is 31.5 Å². The van der Waals surface area contributed by atoms with E-state index in [1.807, 2.05) is 17.0 Å². The highest BCUT2D eigenvalue weighted by atomic mass is 16.2. The maximum absolute atomic E-state index is 12.2. The molecule has 2 rings (SSSR count). The van der Waals surface area contributed by atoms with E-state index in [4.69, 9.17) is 16.9 Å². The van der Waals surface area contributed by atoms with Crippen molar-refractivity contribution in [2.75, 3.05) is 13.1 Å². The first-order valence-electron chi connectivity index (χ1n) is 7.05. The van der Waals surface area contributed by atoms with Crippen molar-refractivity contribution >= 4 is 11.7 Å². The largest absolute Gasteiger partial charge is 0.384 e. The second-order valence-electron chi connectivity index (χ2n) is 5.31. The molecule has 1 aliphatic heterocycles. The van der Waals surface area contributed by atoms with E-state index >= 15 is 0 Å². The molecule has 0 bridgehead atoms. The van der Waals surface area contributed by atoms with Crippen LogP contribution in [0.25, 0.3) is 0 Å². The molecular formula is C15H22N4O. The van der Waals surface area contributed by atoms with Gasteiger partial charge in [-0.25, -0.2) is 0 Å². The molecule has 1 fully saturated rings. The number of rotatable bonds is 4. The third kappa shape index (κ3) is 3.57. The summed E-state index contributed by atoms with van der Waals surface area (Å²) < 4.78 is 0. The van der Waals surface area contributed by atoms with Crippen molar-refractivity contribution in [1.29, 1.82) is 5.41 Å². The molecule has 5 nitrogen and oxygen atoms in total. The van der Waals surface area contributed by atoms with Crippen LogP contribution in [0.15, 0.2) is 24.3 Å². The molecule has 1 aromatic rings. The molecule has 1 aromatic carbocycles. The summed E-state index contributed by atoms with van der Waals surface area (Å²) in [5.41, 5.74) is 13.1. The summed E-state index contributed by atoms with van der Waals surface area (Å²) in [7, 11) is 0. The number of nitrogen functional groups attached to an aromatic ring is 1. The lowest BCUT2D eigenvalue weighted by molar-refractivity contribution is -0.133. The molecule has 108 valence electrons. The number of amidine groups is 1. The van der Waals surface area contributed by atoms with E-state index in [9.17, 15) is 4.79 Å². The van der Waals surface area contributed by atoms with E-state index in [1.165, 1.54) is 6.42 Å². The fraction of sp³-hybridized carbons (Fsp3) is 0.467. The number of likely N-dealkylation sites (tertiary alicyclic amines) is 1. The lowest BCUT2D eigenvalue weighted by Gasteiger charge is -2.29. The number of piperidine rings is 1. The summed E-state index contributed by atoms with van der Waals surface area (Å²) in [6.45, 7) is 1.66. The molecule has 20 heavy (non-hydrogen) atoms. The van der Waals surface area contributed by atoms with E-state index in [0.29, 0.717) is 12.0 Å². The van der Waals surface area contributed by atoms with Crippen molar-refractivity contribution in [3.05, 3.63) is 35.4 Å². The average molecular weight is 274 g/mol. The van der Waals surface area contributed by atoms with Gasteiger partial charge in [0.15, 0.2) is 0 Å². The molecule has 0 saturated carbocycles. The summed E-state index contributed by atoms with van der Waals surface area (Å²) >= 11 is 0.